The molecule has 1 aromatic rings. The van der Waals surface area contributed by atoms with Crippen molar-refractivity contribution in [3.8, 4) is 5.75 Å². The molecule has 0 saturated carbocycles. The predicted octanol–water partition coefficient (Wildman–Crippen LogP) is 4.15. The summed E-state index contributed by atoms with van der Waals surface area (Å²) in [6.45, 7) is 6.89. The van der Waals surface area contributed by atoms with Crippen LogP contribution < -0.4 is 4.74 Å². The van der Waals surface area contributed by atoms with E-state index < -0.39 is 0 Å². The van der Waals surface area contributed by atoms with E-state index in [1.807, 2.05) is 38.1 Å². The molecular formula is C13H23ClO2. The summed E-state index contributed by atoms with van der Waals surface area (Å²) in [5.41, 5.74) is 0. The lowest BCUT2D eigenvalue weighted by molar-refractivity contribution is 0.309. The van der Waals surface area contributed by atoms with Crippen LogP contribution in [0.2, 0.25) is 5.02 Å². The van der Waals surface area contributed by atoms with Crippen LogP contribution in [0.25, 0.3) is 0 Å². The van der Waals surface area contributed by atoms with E-state index in [-0.39, 0.29) is 0 Å². The van der Waals surface area contributed by atoms with Gasteiger partial charge in [0, 0.05) is 7.11 Å². The minimum atomic E-state index is 0.689. The van der Waals surface area contributed by atoms with Crippen molar-refractivity contribution >= 4 is 11.6 Å². The van der Waals surface area contributed by atoms with Gasteiger partial charge < -0.3 is 9.84 Å². The zero-order valence-electron chi connectivity index (χ0n) is 10.7. The number of ether oxygens (including phenoxy) is 1. The summed E-state index contributed by atoms with van der Waals surface area (Å²) in [7, 11) is 1.00. The molecule has 0 aliphatic rings. The molecule has 0 saturated heterocycles. The SMILES string of the molecule is CC.CCCCOc1ccccc1Cl.CO. The molecule has 3 heteroatoms. The van der Waals surface area contributed by atoms with Gasteiger partial charge in [0.15, 0.2) is 0 Å². The molecule has 0 atom stereocenters. The molecule has 1 N–H and O–H groups in total. The van der Waals surface area contributed by atoms with Crippen molar-refractivity contribution in [3.63, 3.8) is 0 Å². The molecule has 94 valence electrons. The van der Waals surface area contributed by atoms with Gasteiger partial charge in [-0.1, -0.05) is 50.9 Å². The summed E-state index contributed by atoms with van der Waals surface area (Å²) in [5, 5.41) is 7.69. The predicted molar refractivity (Wildman–Crippen MR) is 71.3 cm³/mol. The third-order valence-corrected chi connectivity index (χ3v) is 1.90. The maximum Gasteiger partial charge on any atom is 0.137 e. The number of hydrogen-bond donors (Lipinski definition) is 1. The number of unbranched alkanes of at least 4 members (excludes halogenated alkanes) is 1. The summed E-state index contributed by atoms with van der Waals surface area (Å²) in [5.74, 6) is 0.785. The highest BCUT2D eigenvalue weighted by Gasteiger charge is 1.97. The Balaban J connectivity index is 0. The van der Waals surface area contributed by atoms with Gasteiger partial charge in [-0.05, 0) is 18.6 Å². The van der Waals surface area contributed by atoms with Crippen molar-refractivity contribution in [2.45, 2.75) is 33.6 Å². The smallest absolute Gasteiger partial charge is 0.137 e. The number of halogens is 1. The van der Waals surface area contributed by atoms with Gasteiger partial charge in [0.1, 0.15) is 5.75 Å². The number of para-hydroxylation sites is 1. The highest BCUT2D eigenvalue weighted by molar-refractivity contribution is 6.32. The van der Waals surface area contributed by atoms with E-state index in [0.29, 0.717) is 5.02 Å². The van der Waals surface area contributed by atoms with Crippen molar-refractivity contribution in [2.75, 3.05) is 13.7 Å². The minimum absolute atomic E-state index is 0.689. The average Bonchev–Trinajstić information content (AvgIpc) is 2.37. The van der Waals surface area contributed by atoms with Crippen molar-refractivity contribution in [2.24, 2.45) is 0 Å². The lowest BCUT2D eigenvalue weighted by atomic mass is 10.3. The zero-order valence-corrected chi connectivity index (χ0v) is 11.4. The number of hydrogen-bond acceptors (Lipinski definition) is 2. The fourth-order valence-electron chi connectivity index (χ4n) is 0.888. The molecule has 0 fully saturated rings. The van der Waals surface area contributed by atoms with Crippen LogP contribution in [0.4, 0.5) is 0 Å². The summed E-state index contributed by atoms with van der Waals surface area (Å²) < 4.78 is 5.45. The molecule has 0 aromatic heterocycles. The molecule has 0 spiro atoms. The summed E-state index contributed by atoms with van der Waals surface area (Å²) in [4.78, 5) is 0. The van der Waals surface area contributed by atoms with Crippen LogP contribution >= 0.6 is 11.6 Å². The average molecular weight is 247 g/mol. The lowest BCUT2D eigenvalue weighted by Crippen LogP contribution is -1.96. The van der Waals surface area contributed by atoms with Crippen LogP contribution in [0.3, 0.4) is 0 Å². The standard InChI is InChI=1S/C10H13ClO.C2H6.CH4O/c1-2-3-8-12-10-7-5-4-6-9(10)11;2*1-2/h4-7H,2-3,8H2,1H3;1-2H3;2H,1H3. The number of rotatable bonds is 4. The Bertz CT molecular complexity index is 239. The van der Waals surface area contributed by atoms with E-state index in [4.69, 9.17) is 21.4 Å². The van der Waals surface area contributed by atoms with Crippen molar-refractivity contribution < 1.29 is 9.84 Å². The molecule has 0 unspecified atom stereocenters. The second-order valence-electron chi connectivity index (χ2n) is 2.63. The highest BCUT2D eigenvalue weighted by Crippen LogP contribution is 2.23. The van der Waals surface area contributed by atoms with Gasteiger partial charge >= 0.3 is 0 Å². The Morgan fingerprint density at radius 3 is 2.25 bits per heavy atom. The van der Waals surface area contributed by atoms with E-state index in [1.165, 1.54) is 0 Å². The van der Waals surface area contributed by atoms with Gasteiger partial charge in [0.05, 0.1) is 11.6 Å². The first-order chi connectivity index (χ1) is 7.84. The first-order valence-corrected chi connectivity index (χ1v) is 6.04. The Morgan fingerprint density at radius 2 is 1.75 bits per heavy atom. The lowest BCUT2D eigenvalue weighted by Gasteiger charge is -2.05. The van der Waals surface area contributed by atoms with E-state index in [0.717, 1.165) is 32.3 Å². The van der Waals surface area contributed by atoms with Crippen LogP contribution in [0.5, 0.6) is 5.75 Å². The fraction of sp³-hybridized carbons (Fsp3) is 0.538. The molecule has 0 aliphatic heterocycles. The third-order valence-electron chi connectivity index (χ3n) is 1.59. The van der Waals surface area contributed by atoms with E-state index in [9.17, 15) is 0 Å². The summed E-state index contributed by atoms with van der Waals surface area (Å²) >= 11 is 5.88. The van der Waals surface area contributed by atoms with Crippen LogP contribution in [-0.4, -0.2) is 18.8 Å². The topological polar surface area (TPSA) is 29.5 Å². The second-order valence-corrected chi connectivity index (χ2v) is 3.04. The third kappa shape index (κ3) is 8.57. The minimum Gasteiger partial charge on any atom is -0.492 e. The van der Waals surface area contributed by atoms with Crippen LogP contribution in [0.1, 0.15) is 33.6 Å². The maximum atomic E-state index is 7.00. The maximum absolute atomic E-state index is 7.00. The van der Waals surface area contributed by atoms with E-state index in [1.54, 1.807) is 0 Å². The van der Waals surface area contributed by atoms with Gasteiger partial charge in [0.2, 0.25) is 0 Å². The van der Waals surface area contributed by atoms with Gasteiger partial charge in [-0.15, -0.1) is 0 Å². The van der Waals surface area contributed by atoms with E-state index in [2.05, 4.69) is 6.92 Å². The Kier molecular flexibility index (Phi) is 15.7. The summed E-state index contributed by atoms with van der Waals surface area (Å²) in [6.07, 6.45) is 2.22. The molecule has 1 rings (SSSR count). The number of aliphatic hydroxyl groups excluding tert-OH is 1. The molecule has 16 heavy (non-hydrogen) atoms. The quantitative estimate of drug-likeness (QED) is 0.809. The monoisotopic (exact) mass is 246 g/mol. The first kappa shape index (κ1) is 17.7. The Labute approximate surface area is 104 Å². The molecule has 0 radical (unpaired) electrons. The van der Waals surface area contributed by atoms with Crippen molar-refractivity contribution in [1.29, 1.82) is 0 Å². The van der Waals surface area contributed by atoms with Crippen LogP contribution in [0, 0.1) is 0 Å². The van der Waals surface area contributed by atoms with E-state index >= 15 is 0 Å². The summed E-state index contributed by atoms with van der Waals surface area (Å²) in [6, 6.07) is 7.54. The van der Waals surface area contributed by atoms with Crippen molar-refractivity contribution in [1.82, 2.24) is 0 Å². The second kappa shape index (κ2) is 14.3. The normalized spacial score (nSPS) is 8.12. The van der Waals surface area contributed by atoms with Crippen LogP contribution in [0.15, 0.2) is 24.3 Å². The van der Waals surface area contributed by atoms with Gasteiger partial charge in [-0.3, -0.25) is 0 Å². The van der Waals surface area contributed by atoms with Gasteiger partial charge in [-0.25, -0.2) is 0 Å². The van der Waals surface area contributed by atoms with Crippen molar-refractivity contribution in [3.05, 3.63) is 29.3 Å². The zero-order chi connectivity index (χ0) is 12.8. The first-order valence-electron chi connectivity index (χ1n) is 5.66. The largest absolute Gasteiger partial charge is 0.492 e. The highest BCUT2D eigenvalue weighted by atomic mass is 35.5. The molecule has 2 nitrogen and oxygen atoms in total. The molecular weight excluding hydrogens is 224 g/mol. The number of aliphatic hydroxyl groups is 1. The molecule has 0 heterocycles. The molecule has 0 bridgehead atoms. The molecule has 0 amide bonds. The Hall–Kier alpha value is -0.730. The molecule has 1 aromatic carbocycles. The van der Waals surface area contributed by atoms with Gasteiger partial charge in [0.25, 0.3) is 0 Å². The van der Waals surface area contributed by atoms with Crippen LogP contribution in [-0.2, 0) is 0 Å². The fourth-order valence-corrected chi connectivity index (χ4v) is 1.08. The Morgan fingerprint density at radius 1 is 1.19 bits per heavy atom. The van der Waals surface area contributed by atoms with Gasteiger partial charge in [-0.2, -0.15) is 0 Å². The number of benzene rings is 1. The molecule has 0 aliphatic carbocycles.